The average Bonchev–Trinajstić information content (AvgIpc) is 2.73. The molecule has 0 atom stereocenters. The first-order valence-corrected chi connectivity index (χ1v) is 6.38. The molecule has 1 aromatic carbocycles. The predicted molar refractivity (Wildman–Crippen MR) is 71.7 cm³/mol. The maximum atomic E-state index is 12.4. The lowest BCUT2D eigenvalue weighted by molar-refractivity contribution is 0.0741. The Bertz CT molecular complexity index is 494. The van der Waals surface area contributed by atoms with Crippen molar-refractivity contribution in [3.05, 3.63) is 35.4 Å². The summed E-state index contributed by atoms with van der Waals surface area (Å²) in [6.07, 6.45) is 0.871. The van der Waals surface area contributed by atoms with Crippen LogP contribution in [0.4, 0.5) is 0 Å². The van der Waals surface area contributed by atoms with Crippen molar-refractivity contribution in [2.75, 3.05) is 32.9 Å². The number of carbonyl (C=O) groups excluding carboxylic acids is 1. The fourth-order valence-electron chi connectivity index (χ4n) is 2.00. The van der Waals surface area contributed by atoms with Gasteiger partial charge in [0.2, 0.25) is 0 Å². The number of aliphatic hydroxyl groups excluding tert-OH is 1. The Morgan fingerprint density at radius 3 is 3.11 bits per heavy atom. The number of aliphatic hydroxyl groups is 1. The van der Waals surface area contributed by atoms with Crippen molar-refractivity contribution in [1.29, 1.82) is 0 Å². The van der Waals surface area contributed by atoms with Gasteiger partial charge in [-0.25, -0.2) is 0 Å². The van der Waals surface area contributed by atoms with Crippen LogP contribution in [0.5, 0.6) is 0 Å². The lowest BCUT2D eigenvalue weighted by Gasteiger charge is -2.19. The van der Waals surface area contributed by atoms with Gasteiger partial charge in [0, 0.05) is 30.8 Å². The van der Waals surface area contributed by atoms with Gasteiger partial charge in [0.05, 0.1) is 6.61 Å². The van der Waals surface area contributed by atoms with E-state index in [1.165, 1.54) is 0 Å². The summed E-state index contributed by atoms with van der Waals surface area (Å²) in [4.78, 5) is 14.2. The highest BCUT2D eigenvalue weighted by Crippen LogP contribution is 2.10. The van der Waals surface area contributed by atoms with Gasteiger partial charge in [0.1, 0.15) is 6.61 Å². The molecule has 0 aliphatic carbocycles. The number of ether oxygens (including phenoxy) is 1. The molecular weight excluding hydrogens is 242 g/mol. The number of rotatable bonds is 1. The van der Waals surface area contributed by atoms with Crippen LogP contribution in [0.15, 0.2) is 24.3 Å². The monoisotopic (exact) mass is 259 g/mol. The van der Waals surface area contributed by atoms with E-state index in [2.05, 4.69) is 11.8 Å². The summed E-state index contributed by atoms with van der Waals surface area (Å²) in [6, 6.07) is 7.18. The second-order valence-corrected chi connectivity index (χ2v) is 4.30. The van der Waals surface area contributed by atoms with Gasteiger partial charge >= 0.3 is 0 Å². The largest absolute Gasteiger partial charge is 0.384 e. The molecule has 19 heavy (non-hydrogen) atoms. The minimum atomic E-state index is -0.179. The van der Waals surface area contributed by atoms with E-state index in [1.54, 1.807) is 12.1 Å². The summed E-state index contributed by atoms with van der Waals surface area (Å²) >= 11 is 0. The van der Waals surface area contributed by atoms with Gasteiger partial charge in [-0.15, -0.1) is 0 Å². The van der Waals surface area contributed by atoms with E-state index in [4.69, 9.17) is 9.84 Å². The Morgan fingerprint density at radius 1 is 1.37 bits per heavy atom. The summed E-state index contributed by atoms with van der Waals surface area (Å²) in [5, 5.41) is 8.68. The van der Waals surface area contributed by atoms with Crippen LogP contribution in [-0.4, -0.2) is 48.8 Å². The topological polar surface area (TPSA) is 49.8 Å². The first kappa shape index (κ1) is 13.6. The van der Waals surface area contributed by atoms with Crippen molar-refractivity contribution < 1.29 is 14.6 Å². The molecule has 0 saturated carbocycles. The van der Waals surface area contributed by atoms with Crippen LogP contribution in [0, 0.1) is 11.8 Å². The van der Waals surface area contributed by atoms with Gasteiger partial charge in [-0.2, -0.15) is 0 Å². The summed E-state index contributed by atoms with van der Waals surface area (Å²) < 4.78 is 5.34. The Labute approximate surface area is 113 Å². The smallest absolute Gasteiger partial charge is 0.253 e. The van der Waals surface area contributed by atoms with E-state index in [-0.39, 0.29) is 12.5 Å². The molecule has 4 nitrogen and oxygen atoms in total. The molecule has 0 radical (unpaired) electrons. The fourth-order valence-corrected chi connectivity index (χ4v) is 2.00. The molecule has 1 aromatic rings. The van der Waals surface area contributed by atoms with Crippen LogP contribution in [-0.2, 0) is 4.74 Å². The molecule has 1 N–H and O–H groups in total. The third-order valence-corrected chi connectivity index (χ3v) is 2.93. The van der Waals surface area contributed by atoms with Crippen molar-refractivity contribution in [3.8, 4) is 11.8 Å². The van der Waals surface area contributed by atoms with Crippen molar-refractivity contribution in [3.63, 3.8) is 0 Å². The minimum Gasteiger partial charge on any atom is -0.384 e. The number of hydrogen-bond donors (Lipinski definition) is 1. The molecule has 0 aromatic heterocycles. The SMILES string of the molecule is O=C(c1cccc(C#CCO)c1)N1CCCOCC1. The van der Waals surface area contributed by atoms with Crippen molar-refractivity contribution >= 4 is 5.91 Å². The van der Waals surface area contributed by atoms with Gasteiger partial charge in [0.25, 0.3) is 5.91 Å². The van der Waals surface area contributed by atoms with E-state index >= 15 is 0 Å². The van der Waals surface area contributed by atoms with E-state index in [9.17, 15) is 4.79 Å². The molecule has 4 heteroatoms. The van der Waals surface area contributed by atoms with Crippen molar-refractivity contribution in [1.82, 2.24) is 4.90 Å². The first-order valence-electron chi connectivity index (χ1n) is 6.38. The number of carbonyl (C=O) groups is 1. The van der Waals surface area contributed by atoms with Crippen LogP contribution in [0.1, 0.15) is 22.3 Å². The molecule has 0 spiro atoms. The minimum absolute atomic E-state index is 0.0122. The van der Waals surface area contributed by atoms with Crippen LogP contribution in [0.25, 0.3) is 0 Å². The zero-order valence-corrected chi connectivity index (χ0v) is 10.8. The van der Waals surface area contributed by atoms with Crippen LogP contribution in [0.3, 0.4) is 0 Å². The standard InChI is InChI=1S/C15H17NO3/c17-9-2-5-13-4-1-6-14(12-13)15(18)16-7-3-10-19-11-8-16/h1,4,6,12,17H,3,7-11H2. The van der Waals surface area contributed by atoms with Gasteiger partial charge < -0.3 is 14.7 Å². The molecular formula is C15H17NO3. The molecule has 0 unspecified atom stereocenters. The number of nitrogens with zero attached hydrogens (tertiary/aromatic N) is 1. The molecule has 1 saturated heterocycles. The zero-order valence-electron chi connectivity index (χ0n) is 10.8. The van der Waals surface area contributed by atoms with Crippen LogP contribution in [0.2, 0.25) is 0 Å². The van der Waals surface area contributed by atoms with Crippen LogP contribution < -0.4 is 0 Å². The van der Waals surface area contributed by atoms with E-state index in [0.717, 1.165) is 18.5 Å². The second kappa shape index (κ2) is 6.93. The van der Waals surface area contributed by atoms with Gasteiger partial charge in [-0.1, -0.05) is 17.9 Å². The lowest BCUT2D eigenvalue weighted by atomic mass is 10.1. The third-order valence-electron chi connectivity index (χ3n) is 2.93. The molecule has 1 fully saturated rings. The molecule has 2 rings (SSSR count). The van der Waals surface area contributed by atoms with Gasteiger partial charge in [-0.05, 0) is 24.6 Å². The molecule has 1 amide bonds. The Balaban J connectivity index is 2.13. The molecule has 1 aliphatic rings. The van der Waals surface area contributed by atoms with Gasteiger partial charge in [0.15, 0.2) is 0 Å². The maximum Gasteiger partial charge on any atom is 0.253 e. The van der Waals surface area contributed by atoms with Crippen molar-refractivity contribution in [2.24, 2.45) is 0 Å². The highest BCUT2D eigenvalue weighted by atomic mass is 16.5. The Morgan fingerprint density at radius 2 is 2.26 bits per heavy atom. The highest BCUT2D eigenvalue weighted by Gasteiger charge is 2.17. The number of hydrogen-bond acceptors (Lipinski definition) is 3. The average molecular weight is 259 g/mol. The molecule has 0 bridgehead atoms. The Kier molecular flexibility index (Phi) is 4.96. The Hall–Kier alpha value is -1.83. The van der Waals surface area contributed by atoms with E-state index < -0.39 is 0 Å². The third kappa shape index (κ3) is 3.82. The quantitative estimate of drug-likeness (QED) is 0.762. The van der Waals surface area contributed by atoms with Crippen molar-refractivity contribution in [2.45, 2.75) is 6.42 Å². The predicted octanol–water partition coefficient (Wildman–Crippen LogP) is 0.893. The van der Waals surface area contributed by atoms with E-state index in [1.807, 2.05) is 17.0 Å². The first-order chi connectivity index (χ1) is 9.31. The normalized spacial score (nSPS) is 15.3. The van der Waals surface area contributed by atoms with E-state index in [0.29, 0.717) is 25.3 Å². The highest BCUT2D eigenvalue weighted by molar-refractivity contribution is 5.94. The summed E-state index contributed by atoms with van der Waals surface area (Å²) in [6.45, 7) is 2.49. The lowest BCUT2D eigenvalue weighted by Crippen LogP contribution is -2.33. The second-order valence-electron chi connectivity index (χ2n) is 4.30. The number of benzene rings is 1. The molecule has 1 heterocycles. The summed E-state index contributed by atoms with van der Waals surface area (Å²) in [5.74, 6) is 5.40. The molecule has 100 valence electrons. The summed E-state index contributed by atoms with van der Waals surface area (Å²) in [7, 11) is 0. The zero-order chi connectivity index (χ0) is 13.5. The number of amides is 1. The van der Waals surface area contributed by atoms with Crippen LogP contribution >= 0.6 is 0 Å². The molecule has 1 aliphatic heterocycles. The van der Waals surface area contributed by atoms with Gasteiger partial charge in [-0.3, -0.25) is 4.79 Å². The fraction of sp³-hybridized carbons (Fsp3) is 0.400. The maximum absolute atomic E-state index is 12.4. The summed E-state index contributed by atoms with van der Waals surface area (Å²) in [5.41, 5.74) is 1.37.